The van der Waals surface area contributed by atoms with Crippen molar-refractivity contribution in [2.45, 2.75) is 89.9 Å². The van der Waals surface area contributed by atoms with Crippen molar-refractivity contribution < 1.29 is 23.3 Å². The fourth-order valence-electron chi connectivity index (χ4n) is 4.72. The smallest absolute Gasteiger partial charge is 0.349 e. The van der Waals surface area contributed by atoms with E-state index < -0.39 is 27.2 Å². The summed E-state index contributed by atoms with van der Waals surface area (Å²) in [6.07, 6.45) is 6.30. The highest BCUT2D eigenvalue weighted by Gasteiger charge is 2.54. The molecule has 0 spiro atoms. The highest BCUT2D eigenvalue weighted by molar-refractivity contribution is 7.63. The quantitative estimate of drug-likeness (QED) is 0.220. The van der Waals surface area contributed by atoms with Gasteiger partial charge in [0.05, 0.1) is 12.4 Å². The molecule has 3 unspecified atom stereocenters. The van der Waals surface area contributed by atoms with Crippen molar-refractivity contribution in [1.29, 1.82) is 0 Å². The van der Waals surface area contributed by atoms with Gasteiger partial charge in [-0.2, -0.15) is 0 Å². The Labute approximate surface area is 225 Å². The number of benzene rings is 1. The first-order chi connectivity index (χ1) is 18.2. The van der Waals surface area contributed by atoms with Crippen LogP contribution in [0.4, 0.5) is 11.5 Å². The number of anilines is 2. The van der Waals surface area contributed by atoms with Crippen LogP contribution in [0.15, 0.2) is 30.6 Å². The molecular formula is C26H37N5O5P2. The van der Waals surface area contributed by atoms with Crippen molar-refractivity contribution in [2.24, 2.45) is 0 Å². The summed E-state index contributed by atoms with van der Waals surface area (Å²) in [5.41, 5.74) is 2.43. The minimum Gasteiger partial charge on any atom is -0.349 e. The summed E-state index contributed by atoms with van der Waals surface area (Å²) in [6.45, 7) is 9.47. The Kier molecular flexibility index (Phi) is 9.00. The molecule has 1 saturated carbocycles. The third kappa shape index (κ3) is 5.56. The number of hydrogen-bond donors (Lipinski definition) is 2. The van der Waals surface area contributed by atoms with Crippen LogP contribution in [0.5, 0.6) is 0 Å². The van der Waals surface area contributed by atoms with Gasteiger partial charge in [-0.1, -0.05) is 31.9 Å². The Morgan fingerprint density at radius 3 is 2.45 bits per heavy atom. The van der Waals surface area contributed by atoms with E-state index in [2.05, 4.69) is 24.1 Å². The van der Waals surface area contributed by atoms with Crippen LogP contribution >= 0.6 is 16.1 Å². The molecule has 12 heteroatoms. The van der Waals surface area contributed by atoms with Gasteiger partial charge in [0, 0.05) is 29.8 Å². The van der Waals surface area contributed by atoms with Gasteiger partial charge in [0.2, 0.25) is 8.46 Å². The van der Waals surface area contributed by atoms with Gasteiger partial charge in [-0.05, 0) is 59.1 Å². The first-order valence-electron chi connectivity index (χ1n) is 13.3. The molecule has 2 aromatic heterocycles. The van der Waals surface area contributed by atoms with Crippen LogP contribution in [-0.2, 0) is 23.5 Å². The van der Waals surface area contributed by atoms with E-state index in [0.717, 1.165) is 24.3 Å². The summed E-state index contributed by atoms with van der Waals surface area (Å²) in [5.74, 6) is 1.75. The first kappa shape index (κ1) is 28.8. The summed E-state index contributed by atoms with van der Waals surface area (Å²) in [6, 6.07) is 6.91. The van der Waals surface area contributed by atoms with Crippen molar-refractivity contribution in [3.05, 3.63) is 42.0 Å². The lowest BCUT2D eigenvalue weighted by atomic mass is 10.1. The van der Waals surface area contributed by atoms with E-state index in [1.807, 2.05) is 11.5 Å². The predicted octanol–water partition coefficient (Wildman–Crippen LogP) is 7.25. The SMILES string of the molecule is CCOC(P=O)(c1ccc(Nc2nc(C3CCCC3)nc3c2ncn3C(C)C)cc1)P(=O)(O)OC(C)CC. The maximum absolute atomic E-state index is 13.3. The second kappa shape index (κ2) is 11.9. The fraction of sp³-hybridized carbons (Fsp3) is 0.577. The van der Waals surface area contributed by atoms with Gasteiger partial charge in [-0.3, -0.25) is 9.13 Å². The van der Waals surface area contributed by atoms with Gasteiger partial charge < -0.3 is 24.0 Å². The van der Waals surface area contributed by atoms with Crippen molar-refractivity contribution in [2.75, 3.05) is 11.9 Å². The minimum atomic E-state index is -4.49. The van der Waals surface area contributed by atoms with E-state index in [1.54, 1.807) is 44.4 Å². The van der Waals surface area contributed by atoms with Gasteiger partial charge in [-0.15, -0.1) is 0 Å². The molecule has 3 atom stereocenters. The number of imidazole rings is 1. The normalized spacial score (nSPS) is 18.6. The third-order valence-electron chi connectivity index (χ3n) is 6.99. The summed E-state index contributed by atoms with van der Waals surface area (Å²) in [7, 11) is -5.15. The molecule has 1 aromatic carbocycles. The van der Waals surface area contributed by atoms with Gasteiger partial charge in [-0.25, -0.2) is 15.0 Å². The molecule has 0 saturated heterocycles. The Hall–Kier alpha value is -2.22. The topological polar surface area (TPSA) is 128 Å². The van der Waals surface area contributed by atoms with Gasteiger partial charge in [0.1, 0.15) is 5.82 Å². The van der Waals surface area contributed by atoms with Crippen LogP contribution in [-0.4, -0.2) is 37.1 Å². The van der Waals surface area contributed by atoms with Crippen molar-refractivity contribution in [3.63, 3.8) is 0 Å². The summed E-state index contributed by atoms with van der Waals surface area (Å²) in [4.78, 5) is 25.2. The highest BCUT2D eigenvalue weighted by Crippen LogP contribution is 2.67. The lowest BCUT2D eigenvalue weighted by Crippen LogP contribution is -2.26. The zero-order chi connectivity index (χ0) is 27.5. The van der Waals surface area contributed by atoms with Crippen LogP contribution in [0.2, 0.25) is 0 Å². The van der Waals surface area contributed by atoms with E-state index >= 15 is 0 Å². The molecule has 10 nitrogen and oxygen atoms in total. The fourth-order valence-corrected chi connectivity index (χ4v) is 7.26. The molecule has 1 aliphatic carbocycles. The van der Waals surface area contributed by atoms with E-state index in [4.69, 9.17) is 19.2 Å². The molecule has 206 valence electrons. The van der Waals surface area contributed by atoms with E-state index in [9.17, 15) is 14.0 Å². The maximum Gasteiger partial charge on any atom is 0.376 e. The monoisotopic (exact) mass is 561 g/mol. The number of nitrogens with zero attached hydrogens (tertiary/aromatic N) is 4. The molecule has 2 N–H and O–H groups in total. The molecule has 0 radical (unpaired) electrons. The summed E-state index contributed by atoms with van der Waals surface area (Å²) in [5, 5.41) is 1.33. The second-order valence-corrected chi connectivity index (χ2v) is 13.1. The largest absolute Gasteiger partial charge is 0.376 e. The van der Waals surface area contributed by atoms with Crippen LogP contribution in [0.3, 0.4) is 0 Å². The Balaban J connectivity index is 1.70. The number of fused-ring (bicyclic) bond motifs is 1. The zero-order valence-corrected chi connectivity index (χ0v) is 24.4. The Bertz CT molecular complexity index is 1310. The zero-order valence-electron chi connectivity index (χ0n) is 22.6. The first-order valence-corrected chi connectivity index (χ1v) is 15.7. The molecular weight excluding hydrogens is 524 g/mol. The van der Waals surface area contributed by atoms with Crippen LogP contribution in [0.1, 0.15) is 90.1 Å². The number of hydrogen-bond acceptors (Lipinski definition) is 8. The van der Waals surface area contributed by atoms with Crippen LogP contribution < -0.4 is 5.32 Å². The van der Waals surface area contributed by atoms with Gasteiger partial charge >= 0.3 is 7.60 Å². The molecule has 2 heterocycles. The summed E-state index contributed by atoms with van der Waals surface area (Å²) < 4.78 is 38.9. The number of aromatic nitrogens is 4. The molecule has 38 heavy (non-hydrogen) atoms. The second-order valence-electron chi connectivity index (χ2n) is 10.0. The molecule has 1 fully saturated rings. The van der Waals surface area contributed by atoms with E-state index in [-0.39, 0.29) is 18.2 Å². The van der Waals surface area contributed by atoms with Gasteiger partial charge in [0.25, 0.3) is 5.08 Å². The lowest BCUT2D eigenvalue weighted by molar-refractivity contribution is 0.0492. The van der Waals surface area contributed by atoms with E-state index in [1.165, 1.54) is 12.8 Å². The Morgan fingerprint density at radius 2 is 1.87 bits per heavy atom. The van der Waals surface area contributed by atoms with Gasteiger partial charge in [0.15, 0.2) is 17.0 Å². The van der Waals surface area contributed by atoms with Crippen LogP contribution in [0, 0.1) is 0 Å². The number of nitrogens with one attached hydrogen (secondary N) is 1. The molecule has 3 aromatic rings. The highest BCUT2D eigenvalue weighted by atomic mass is 31.2. The molecule has 1 aliphatic rings. The Morgan fingerprint density at radius 1 is 1.18 bits per heavy atom. The maximum atomic E-state index is 13.3. The average molecular weight is 562 g/mol. The lowest BCUT2D eigenvalue weighted by Gasteiger charge is -2.32. The van der Waals surface area contributed by atoms with Crippen molar-refractivity contribution in [3.8, 4) is 0 Å². The van der Waals surface area contributed by atoms with Crippen molar-refractivity contribution in [1.82, 2.24) is 19.5 Å². The predicted molar refractivity (Wildman–Crippen MR) is 148 cm³/mol. The standard InChI is InChI=1S/C26H37N5O5P2/c1-6-18(5)36-38(33,34)26(37-32,35-7-2)20-12-14-21(15-13-20)28-24-22-25(31(16-27-22)17(3)4)30-23(29-24)19-10-8-9-11-19/h12-19H,6-11H2,1-5H3,(H,33,34)(H,28,29,30). The van der Waals surface area contributed by atoms with E-state index in [0.29, 0.717) is 29.4 Å². The molecule has 0 amide bonds. The summed E-state index contributed by atoms with van der Waals surface area (Å²) >= 11 is 0. The average Bonchev–Trinajstić information content (AvgIpc) is 3.58. The number of ether oxygens (including phenoxy) is 1. The van der Waals surface area contributed by atoms with Crippen LogP contribution in [0.25, 0.3) is 11.2 Å². The third-order valence-corrected chi connectivity index (χ3v) is 10.4. The van der Waals surface area contributed by atoms with Crippen molar-refractivity contribution >= 4 is 38.7 Å². The molecule has 0 aliphatic heterocycles. The number of rotatable bonds is 12. The molecule has 4 rings (SSSR count). The molecule has 0 bridgehead atoms. The minimum absolute atomic E-state index is 0.0744.